The number of benzene rings is 1. The second kappa shape index (κ2) is 5.46. The lowest BCUT2D eigenvalue weighted by atomic mass is 9.77. The fourth-order valence-electron chi connectivity index (χ4n) is 5.14. The number of carbonyl (C=O) groups is 1. The van der Waals surface area contributed by atoms with Gasteiger partial charge < -0.3 is 10.1 Å². The van der Waals surface area contributed by atoms with Gasteiger partial charge in [-0.25, -0.2) is 0 Å². The number of piperidine rings is 3. The summed E-state index contributed by atoms with van der Waals surface area (Å²) in [6.07, 6.45) is 7.65. The van der Waals surface area contributed by atoms with Crippen molar-refractivity contribution in [2.24, 2.45) is 5.92 Å². The standard InChI is InChI=1S/C21H24N2O2S/c24-20(22-19-13-6-10-23(11-7-13)21(19)8-9-21)17-12-14-2-1-3-16(18(14)26-17)25-15-4-5-15/h1-3,12-13,15,19H,4-11H2,(H,22,24)/t19-/m0/s1. The fraction of sp³-hybridized carbons (Fsp3) is 0.571. The van der Waals surface area contributed by atoms with Crippen molar-refractivity contribution in [2.45, 2.75) is 56.2 Å². The third kappa shape index (κ3) is 2.33. The van der Waals surface area contributed by atoms with E-state index < -0.39 is 0 Å². The average Bonchev–Trinajstić information content (AvgIpc) is 3.58. The predicted molar refractivity (Wildman–Crippen MR) is 103 cm³/mol. The zero-order valence-electron chi connectivity index (χ0n) is 14.9. The normalized spacial score (nSPS) is 31.3. The van der Waals surface area contributed by atoms with Gasteiger partial charge in [0.25, 0.3) is 5.91 Å². The lowest BCUT2D eigenvalue weighted by Crippen LogP contribution is -2.65. The minimum absolute atomic E-state index is 0.105. The van der Waals surface area contributed by atoms with Crippen LogP contribution >= 0.6 is 11.3 Å². The Labute approximate surface area is 157 Å². The third-order valence-electron chi connectivity index (χ3n) is 6.82. The number of rotatable bonds is 4. The van der Waals surface area contributed by atoms with Crippen molar-refractivity contribution in [1.82, 2.24) is 10.2 Å². The minimum atomic E-state index is 0.105. The Balaban J connectivity index is 1.27. The van der Waals surface area contributed by atoms with E-state index in [1.807, 2.05) is 18.2 Å². The van der Waals surface area contributed by atoms with E-state index in [0.717, 1.165) is 33.6 Å². The summed E-state index contributed by atoms with van der Waals surface area (Å²) in [7, 11) is 0. The van der Waals surface area contributed by atoms with Crippen molar-refractivity contribution in [2.75, 3.05) is 13.1 Å². The molecular weight excluding hydrogens is 344 g/mol. The van der Waals surface area contributed by atoms with Crippen LogP contribution in [-0.4, -0.2) is 41.6 Å². The lowest BCUT2D eigenvalue weighted by Gasteiger charge is -2.52. The molecule has 1 aromatic carbocycles. The van der Waals surface area contributed by atoms with Crippen LogP contribution in [0, 0.1) is 5.92 Å². The lowest BCUT2D eigenvalue weighted by molar-refractivity contribution is -0.00138. The van der Waals surface area contributed by atoms with Crippen LogP contribution < -0.4 is 10.1 Å². The molecule has 5 heteroatoms. The Morgan fingerprint density at radius 1 is 1.19 bits per heavy atom. The highest BCUT2D eigenvalue weighted by molar-refractivity contribution is 7.21. The number of hydrogen-bond donors (Lipinski definition) is 1. The average molecular weight is 369 g/mol. The molecule has 4 heterocycles. The van der Waals surface area contributed by atoms with E-state index >= 15 is 0 Å². The van der Waals surface area contributed by atoms with Gasteiger partial charge in [-0.3, -0.25) is 9.69 Å². The number of ether oxygens (including phenoxy) is 1. The topological polar surface area (TPSA) is 41.6 Å². The van der Waals surface area contributed by atoms with Crippen LogP contribution in [0.1, 0.15) is 48.2 Å². The van der Waals surface area contributed by atoms with Gasteiger partial charge in [0.15, 0.2) is 0 Å². The van der Waals surface area contributed by atoms with E-state index in [1.165, 1.54) is 38.8 Å². The van der Waals surface area contributed by atoms with Crippen molar-refractivity contribution in [3.8, 4) is 5.75 Å². The molecule has 2 aromatic rings. The van der Waals surface area contributed by atoms with Crippen LogP contribution in [0.15, 0.2) is 24.3 Å². The van der Waals surface area contributed by atoms with E-state index in [1.54, 1.807) is 11.3 Å². The number of amides is 1. The summed E-state index contributed by atoms with van der Waals surface area (Å²) < 4.78 is 7.15. The molecule has 4 nitrogen and oxygen atoms in total. The first-order valence-electron chi connectivity index (χ1n) is 9.98. The molecule has 1 amide bonds. The van der Waals surface area contributed by atoms with Crippen molar-refractivity contribution >= 4 is 27.3 Å². The van der Waals surface area contributed by atoms with E-state index in [2.05, 4.69) is 16.3 Å². The molecule has 0 radical (unpaired) electrons. The second-order valence-corrected chi connectivity index (χ2v) is 9.53. The molecule has 1 N–H and O–H groups in total. The Kier molecular flexibility index (Phi) is 3.25. The molecule has 2 bridgehead atoms. The summed E-state index contributed by atoms with van der Waals surface area (Å²) >= 11 is 1.58. The molecule has 2 saturated carbocycles. The quantitative estimate of drug-likeness (QED) is 0.892. The predicted octanol–water partition coefficient (Wildman–Crippen LogP) is 3.80. The highest BCUT2D eigenvalue weighted by Crippen LogP contribution is 2.53. The van der Waals surface area contributed by atoms with Gasteiger partial charge in [0.05, 0.1) is 21.7 Å². The minimum Gasteiger partial charge on any atom is -0.489 e. The molecule has 3 saturated heterocycles. The largest absolute Gasteiger partial charge is 0.489 e. The molecule has 5 aliphatic rings. The van der Waals surface area contributed by atoms with Crippen molar-refractivity contribution < 1.29 is 9.53 Å². The first kappa shape index (κ1) is 15.5. The van der Waals surface area contributed by atoms with Crippen molar-refractivity contribution in [3.05, 3.63) is 29.1 Å². The number of thiophene rings is 1. The molecule has 26 heavy (non-hydrogen) atoms. The maximum atomic E-state index is 13.1. The Hall–Kier alpha value is -1.59. The second-order valence-electron chi connectivity index (χ2n) is 8.48. The maximum Gasteiger partial charge on any atom is 0.261 e. The molecule has 1 aromatic heterocycles. The van der Waals surface area contributed by atoms with Crippen LogP contribution in [0.5, 0.6) is 5.75 Å². The van der Waals surface area contributed by atoms with Gasteiger partial charge in [0, 0.05) is 5.54 Å². The molecule has 2 aliphatic carbocycles. The summed E-state index contributed by atoms with van der Waals surface area (Å²) in [5.74, 6) is 1.71. The zero-order chi connectivity index (χ0) is 17.3. The van der Waals surface area contributed by atoms with E-state index in [-0.39, 0.29) is 11.4 Å². The molecular formula is C21H24N2O2S. The summed E-state index contributed by atoms with van der Waals surface area (Å²) in [5.41, 5.74) is 0.285. The molecule has 3 aliphatic heterocycles. The molecule has 0 unspecified atom stereocenters. The van der Waals surface area contributed by atoms with Gasteiger partial charge in [-0.15, -0.1) is 11.3 Å². The fourth-order valence-corrected chi connectivity index (χ4v) is 6.16. The number of hydrogen-bond acceptors (Lipinski definition) is 4. The molecule has 1 atom stereocenters. The molecule has 136 valence electrons. The SMILES string of the molecule is O=C(N[C@H]1C2CCN(CC2)C12CC2)c1cc2cccc(OC3CC3)c2s1. The van der Waals surface area contributed by atoms with Gasteiger partial charge in [-0.05, 0) is 75.1 Å². The van der Waals surface area contributed by atoms with Gasteiger partial charge in [0.2, 0.25) is 0 Å². The van der Waals surface area contributed by atoms with Gasteiger partial charge in [0.1, 0.15) is 5.75 Å². The molecule has 1 spiro atoms. The highest BCUT2D eigenvalue weighted by atomic mass is 32.1. The molecule has 7 rings (SSSR count). The number of fused-ring (bicyclic) bond motifs is 3. The highest BCUT2D eigenvalue weighted by Gasteiger charge is 2.60. The van der Waals surface area contributed by atoms with Crippen molar-refractivity contribution in [1.29, 1.82) is 0 Å². The smallest absolute Gasteiger partial charge is 0.261 e. The number of nitrogens with one attached hydrogen (secondary N) is 1. The Bertz CT molecular complexity index is 875. The van der Waals surface area contributed by atoms with Gasteiger partial charge >= 0.3 is 0 Å². The zero-order valence-corrected chi connectivity index (χ0v) is 15.7. The van der Waals surface area contributed by atoms with Crippen LogP contribution in [0.25, 0.3) is 10.1 Å². The van der Waals surface area contributed by atoms with Gasteiger partial charge in [-0.1, -0.05) is 12.1 Å². The van der Waals surface area contributed by atoms with Gasteiger partial charge in [-0.2, -0.15) is 0 Å². The van der Waals surface area contributed by atoms with Crippen molar-refractivity contribution in [3.63, 3.8) is 0 Å². The first-order valence-corrected chi connectivity index (χ1v) is 10.8. The van der Waals surface area contributed by atoms with Crippen LogP contribution in [0.3, 0.4) is 0 Å². The van der Waals surface area contributed by atoms with E-state index in [9.17, 15) is 4.79 Å². The van der Waals surface area contributed by atoms with E-state index in [4.69, 9.17) is 4.74 Å². The van der Waals surface area contributed by atoms with Crippen LogP contribution in [0.2, 0.25) is 0 Å². The summed E-state index contributed by atoms with van der Waals surface area (Å²) in [4.78, 5) is 16.5. The van der Waals surface area contributed by atoms with Crippen LogP contribution in [0.4, 0.5) is 0 Å². The summed E-state index contributed by atoms with van der Waals surface area (Å²) in [6, 6.07) is 8.52. The number of carbonyl (C=O) groups excluding carboxylic acids is 1. The van der Waals surface area contributed by atoms with E-state index in [0.29, 0.717) is 18.1 Å². The van der Waals surface area contributed by atoms with Crippen LogP contribution in [-0.2, 0) is 0 Å². The summed E-state index contributed by atoms with van der Waals surface area (Å²) in [5, 5.41) is 4.56. The third-order valence-corrected chi connectivity index (χ3v) is 7.98. The monoisotopic (exact) mass is 368 g/mol. The number of nitrogens with zero attached hydrogens (tertiary/aromatic N) is 1. The Morgan fingerprint density at radius 3 is 2.73 bits per heavy atom. The first-order chi connectivity index (χ1) is 12.7. The summed E-state index contributed by atoms with van der Waals surface area (Å²) in [6.45, 7) is 2.45. The Morgan fingerprint density at radius 2 is 2.00 bits per heavy atom. The maximum absolute atomic E-state index is 13.1. The molecule has 5 fully saturated rings.